The first-order chi connectivity index (χ1) is 7.58. The lowest BCUT2D eigenvalue weighted by Crippen LogP contribution is -1.96. The van der Waals surface area contributed by atoms with E-state index in [9.17, 15) is 9.18 Å². The average molecular weight is 285 g/mol. The molecular formula is C10H6BrFN2O2. The molecule has 2 aromatic rings. The molecular weight excluding hydrogens is 279 g/mol. The van der Waals surface area contributed by atoms with Gasteiger partial charge in [0.2, 0.25) is 0 Å². The van der Waals surface area contributed by atoms with Crippen LogP contribution in [0.2, 0.25) is 0 Å². The SMILES string of the molecule is O=C(O)c1cn(-c2ccc(F)c(Br)c2)cn1. The molecule has 1 aromatic heterocycles. The molecule has 0 bridgehead atoms. The summed E-state index contributed by atoms with van der Waals surface area (Å²) >= 11 is 3.05. The van der Waals surface area contributed by atoms with Crippen LogP contribution >= 0.6 is 15.9 Å². The fourth-order valence-corrected chi connectivity index (χ4v) is 1.59. The van der Waals surface area contributed by atoms with Gasteiger partial charge in [-0.3, -0.25) is 0 Å². The standard InChI is InChI=1S/C10H6BrFN2O2/c11-7-3-6(1-2-8(7)12)14-4-9(10(15)16)13-5-14/h1-5H,(H,15,16). The molecule has 1 heterocycles. The minimum atomic E-state index is -1.10. The smallest absolute Gasteiger partial charge is 0.356 e. The molecule has 2 rings (SSSR count). The van der Waals surface area contributed by atoms with Crippen molar-refractivity contribution in [3.8, 4) is 5.69 Å². The van der Waals surface area contributed by atoms with Crippen LogP contribution < -0.4 is 0 Å². The fraction of sp³-hybridized carbons (Fsp3) is 0. The number of halogens is 2. The van der Waals surface area contributed by atoms with Crippen molar-refractivity contribution in [2.45, 2.75) is 0 Å². The summed E-state index contributed by atoms with van der Waals surface area (Å²) in [5, 5.41) is 8.70. The maximum absolute atomic E-state index is 13.0. The zero-order chi connectivity index (χ0) is 11.7. The van der Waals surface area contributed by atoms with Crippen molar-refractivity contribution >= 4 is 21.9 Å². The summed E-state index contributed by atoms with van der Waals surface area (Å²) in [6.07, 6.45) is 2.73. The van der Waals surface area contributed by atoms with E-state index in [0.29, 0.717) is 10.2 Å². The second-order valence-electron chi connectivity index (χ2n) is 3.07. The first-order valence-corrected chi connectivity index (χ1v) is 5.10. The van der Waals surface area contributed by atoms with Crippen molar-refractivity contribution in [3.05, 3.63) is 46.7 Å². The van der Waals surface area contributed by atoms with Gasteiger partial charge in [0.1, 0.15) is 12.1 Å². The van der Waals surface area contributed by atoms with E-state index in [-0.39, 0.29) is 11.5 Å². The first kappa shape index (κ1) is 10.8. The quantitative estimate of drug-likeness (QED) is 0.922. The second kappa shape index (κ2) is 4.05. The van der Waals surface area contributed by atoms with Gasteiger partial charge in [0, 0.05) is 11.9 Å². The molecule has 0 saturated carbocycles. The molecule has 82 valence electrons. The minimum Gasteiger partial charge on any atom is -0.476 e. The zero-order valence-corrected chi connectivity index (χ0v) is 9.48. The van der Waals surface area contributed by atoms with Crippen LogP contribution in [0.3, 0.4) is 0 Å². The Morgan fingerprint density at radius 3 is 2.81 bits per heavy atom. The Balaban J connectivity index is 2.42. The minimum absolute atomic E-state index is 0.0551. The summed E-state index contributed by atoms with van der Waals surface area (Å²) in [4.78, 5) is 14.3. The molecule has 0 spiro atoms. The van der Waals surface area contributed by atoms with Crippen LogP contribution in [-0.2, 0) is 0 Å². The Bertz CT molecular complexity index is 554. The molecule has 0 radical (unpaired) electrons. The molecule has 16 heavy (non-hydrogen) atoms. The van der Waals surface area contributed by atoms with E-state index in [0.717, 1.165) is 0 Å². The highest BCUT2D eigenvalue weighted by Crippen LogP contribution is 2.19. The number of benzene rings is 1. The molecule has 1 N–H and O–H groups in total. The third kappa shape index (κ3) is 1.96. The van der Waals surface area contributed by atoms with Crippen LogP contribution in [0.1, 0.15) is 10.5 Å². The van der Waals surface area contributed by atoms with Crippen LogP contribution in [-0.4, -0.2) is 20.6 Å². The lowest BCUT2D eigenvalue weighted by molar-refractivity contribution is 0.0691. The molecule has 0 aliphatic heterocycles. The van der Waals surface area contributed by atoms with Gasteiger partial charge in [0.25, 0.3) is 0 Å². The summed E-state index contributed by atoms with van der Waals surface area (Å²) in [5.41, 5.74) is 0.578. The number of carboxylic acids is 1. The highest BCUT2D eigenvalue weighted by Gasteiger charge is 2.08. The number of carbonyl (C=O) groups is 1. The van der Waals surface area contributed by atoms with Crippen LogP contribution in [0, 0.1) is 5.82 Å². The number of aromatic nitrogens is 2. The molecule has 0 unspecified atom stereocenters. The topological polar surface area (TPSA) is 55.1 Å². The van der Waals surface area contributed by atoms with Crippen molar-refractivity contribution in [3.63, 3.8) is 0 Å². The Kier molecular flexibility index (Phi) is 2.74. The fourth-order valence-electron chi connectivity index (χ4n) is 1.22. The summed E-state index contributed by atoms with van der Waals surface area (Å²) < 4.78 is 14.8. The predicted molar refractivity (Wildman–Crippen MR) is 58.2 cm³/mol. The maximum Gasteiger partial charge on any atom is 0.356 e. The molecule has 1 aromatic carbocycles. The molecule has 0 fully saturated rings. The van der Waals surface area contributed by atoms with Gasteiger partial charge >= 0.3 is 5.97 Å². The summed E-state index contributed by atoms with van der Waals surface area (Å²) in [7, 11) is 0. The number of rotatable bonds is 2. The van der Waals surface area contributed by atoms with Gasteiger partial charge in [-0.15, -0.1) is 0 Å². The third-order valence-electron chi connectivity index (χ3n) is 2.00. The van der Waals surface area contributed by atoms with E-state index in [1.165, 1.54) is 29.2 Å². The lowest BCUT2D eigenvalue weighted by atomic mass is 10.3. The molecule has 6 heteroatoms. The Labute approximate surface area is 98.5 Å². The van der Waals surface area contributed by atoms with Crippen molar-refractivity contribution < 1.29 is 14.3 Å². The van der Waals surface area contributed by atoms with Crippen molar-refractivity contribution in [2.75, 3.05) is 0 Å². The highest BCUT2D eigenvalue weighted by atomic mass is 79.9. The van der Waals surface area contributed by atoms with Gasteiger partial charge in [0.05, 0.1) is 4.47 Å². The molecule has 0 aliphatic rings. The van der Waals surface area contributed by atoms with E-state index >= 15 is 0 Å². The van der Waals surface area contributed by atoms with Gasteiger partial charge < -0.3 is 9.67 Å². The van der Waals surface area contributed by atoms with Gasteiger partial charge in [0.15, 0.2) is 5.69 Å². The second-order valence-corrected chi connectivity index (χ2v) is 3.92. The van der Waals surface area contributed by atoms with Gasteiger partial charge in [-0.2, -0.15) is 0 Å². The van der Waals surface area contributed by atoms with Gasteiger partial charge in [-0.25, -0.2) is 14.2 Å². The van der Waals surface area contributed by atoms with Crippen LogP contribution in [0.5, 0.6) is 0 Å². The molecule has 0 atom stereocenters. The molecule has 0 saturated heterocycles. The monoisotopic (exact) mass is 284 g/mol. The van der Waals surface area contributed by atoms with Crippen LogP contribution in [0.4, 0.5) is 4.39 Å². The molecule has 0 aliphatic carbocycles. The zero-order valence-electron chi connectivity index (χ0n) is 7.89. The summed E-state index contributed by atoms with van der Waals surface area (Å²) in [5.74, 6) is -1.47. The van der Waals surface area contributed by atoms with E-state index in [2.05, 4.69) is 20.9 Å². The van der Waals surface area contributed by atoms with E-state index in [1.807, 2.05) is 0 Å². The van der Waals surface area contributed by atoms with E-state index in [1.54, 1.807) is 6.07 Å². The van der Waals surface area contributed by atoms with E-state index < -0.39 is 5.97 Å². The molecule has 0 amide bonds. The van der Waals surface area contributed by atoms with E-state index in [4.69, 9.17) is 5.11 Å². The maximum atomic E-state index is 13.0. The number of hydrogen-bond donors (Lipinski definition) is 1. The number of nitrogens with zero attached hydrogens (tertiary/aromatic N) is 2. The Morgan fingerprint density at radius 1 is 1.50 bits per heavy atom. The van der Waals surface area contributed by atoms with Gasteiger partial charge in [-0.1, -0.05) is 0 Å². The Hall–Kier alpha value is -1.69. The normalized spacial score (nSPS) is 10.4. The lowest BCUT2D eigenvalue weighted by Gasteiger charge is -2.02. The van der Waals surface area contributed by atoms with Crippen molar-refractivity contribution in [1.29, 1.82) is 0 Å². The highest BCUT2D eigenvalue weighted by molar-refractivity contribution is 9.10. The number of carboxylic acid groups (broad SMARTS) is 1. The first-order valence-electron chi connectivity index (χ1n) is 4.30. The summed E-state index contributed by atoms with van der Waals surface area (Å²) in [6, 6.07) is 4.37. The summed E-state index contributed by atoms with van der Waals surface area (Å²) in [6.45, 7) is 0. The largest absolute Gasteiger partial charge is 0.476 e. The average Bonchev–Trinajstić information content (AvgIpc) is 2.71. The van der Waals surface area contributed by atoms with Crippen molar-refractivity contribution in [1.82, 2.24) is 9.55 Å². The Morgan fingerprint density at radius 2 is 2.25 bits per heavy atom. The third-order valence-corrected chi connectivity index (χ3v) is 2.61. The van der Waals surface area contributed by atoms with Crippen molar-refractivity contribution in [2.24, 2.45) is 0 Å². The van der Waals surface area contributed by atoms with Crippen LogP contribution in [0.15, 0.2) is 35.2 Å². The van der Waals surface area contributed by atoms with Crippen LogP contribution in [0.25, 0.3) is 5.69 Å². The number of imidazole rings is 1. The number of hydrogen-bond acceptors (Lipinski definition) is 2. The number of aromatic carboxylic acids is 1. The molecule has 4 nitrogen and oxygen atoms in total. The van der Waals surface area contributed by atoms with Gasteiger partial charge in [-0.05, 0) is 34.1 Å². The predicted octanol–water partition coefficient (Wildman–Crippen LogP) is 2.47.